The van der Waals surface area contributed by atoms with Gasteiger partial charge in [-0.1, -0.05) is 25.3 Å². The van der Waals surface area contributed by atoms with E-state index >= 15 is 0 Å². The molecular weight excluding hydrogens is 325 g/mol. The summed E-state index contributed by atoms with van der Waals surface area (Å²) >= 11 is 0. The molecule has 1 aromatic heterocycles. The summed E-state index contributed by atoms with van der Waals surface area (Å²) in [5, 5.41) is 3.90. The first-order valence-electron chi connectivity index (χ1n) is 10.2. The summed E-state index contributed by atoms with van der Waals surface area (Å²) in [6.45, 7) is 1.12. The Hall–Kier alpha value is -1.68. The van der Waals surface area contributed by atoms with Gasteiger partial charge in [0.1, 0.15) is 5.82 Å². The van der Waals surface area contributed by atoms with Gasteiger partial charge in [-0.15, -0.1) is 0 Å². The molecule has 2 atom stereocenters. The molecule has 3 nitrogen and oxygen atoms in total. The van der Waals surface area contributed by atoms with Crippen LogP contribution in [0.15, 0.2) is 30.7 Å². The van der Waals surface area contributed by atoms with Gasteiger partial charge < -0.3 is 9.88 Å². The van der Waals surface area contributed by atoms with Crippen molar-refractivity contribution >= 4 is 0 Å². The minimum Gasteiger partial charge on any atom is -0.340 e. The van der Waals surface area contributed by atoms with E-state index in [1.165, 1.54) is 43.2 Å². The van der Waals surface area contributed by atoms with Crippen molar-refractivity contribution in [3.05, 3.63) is 53.4 Å². The molecular formula is C22H30FN3. The molecule has 4 rings (SSSR count). The lowest BCUT2D eigenvalue weighted by Crippen LogP contribution is -2.42. The van der Waals surface area contributed by atoms with Gasteiger partial charge in [0.15, 0.2) is 0 Å². The molecule has 0 aliphatic heterocycles. The number of nitrogens with zero attached hydrogens (tertiary/aromatic N) is 2. The number of halogens is 1. The lowest BCUT2D eigenvalue weighted by molar-refractivity contribution is 0.300. The molecule has 1 N–H and O–H groups in total. The average Bonchev–Trinajstić information content (AvgIpc) is 3.06. The highest BCUT2D eigenvalue weighted by Gasteiger charge is 2.31. The predicted molar refractivity (Wildman–Crippen MR) is 103 cm³/mol. The van der Waals surface area contributed by atoms with Gasteiger partial charge in [0.25, 0.3) is 0 Å². The second-order valence-electron chi connectivity index (χ2n) is 8.24. The van der Waals surface area contributed by atoms with E-state index in [9.17, 15) is 4.39 Å². The van der Waals surface area contributed by atoms with E-state index in [1.54, 1.807) is 12.1 Å². The fourth-order valence-corrected chi connectivity index (χ4v) is 4.89. The summed E-state index contributed by atoms with van der Waals surface area (Å²) in [7, 11) is 2.01. The van der Waals surface area contributed by atoms with Crippen molar-refractivity contribution in [2.24, 2.45) is 13.0 Å². The van der Waals surface area contributed by atoms with Gasteiger partial charge in [-0.05, 0) is 67.8 Å². The van der Waals surface area contributed by atoms with E-state index in [0.717, 1.165) is 37.4 Å². The Labute approximate surface area is 156 Å². The van der Waals surface area contributed by atoms with Gasteiger partial charge in [0.2, 0.25) is 0 Å². The molecule has 1 fully saturated rings. The number of fused-ring (bicyclic) bond motifs is 1. The summed E-state index contributed by atoms with van der Waals surface area (Å²) in [6, 6.07) is 5.82. The van der Waals surface area contributed by atoms with E-state index < -0.39 is 0 Å². The van der Waals surface area contributed by atoms with Crippen LogP contribution in [0, 0.1) is 11.7 Å². The Morgan fingerprint density at radius 3 is 2.81 bits per heavy atom. The zero-order valence-electron chi connectivity index (χ0n) is 15.8. The van der Waals surface area contributed by atoms with Crippen LogP contribution in [0.2, 0.25) is 0 Å². The van der Waals surface area contributed by atoms with Crippen LogP contribution >= 0.6 is 0 Å². The zero-order valence-corrected chi connectivity index (χ0v) is 15.8. The molecule has 2 unspecified atom stereocenters. The fourth-order valence-electron chi connectivity index (χ4n) is 4.89. The first kappa shape index (κ1) is 17.7. The van der Waals surface area contributed by atoms with Crippen LogP contribution in [-0.2, 0) is 19.9 Å². The Balaban J connectivity index is 1.52. The summed E-state index contributed by atoms with van der Waals surface area (Å²) in [5.74, 6) is 1.08. The lowest BCUT2D eigenvalue weighted by atomic mass is 9.76. The first-order chi connectivity index (χ1) is 12.7. The number of hydrogen-bond acceptors (Lipinski definition) is 2. The number of nitrogens with one attached hydrogen (secondary N) is 1. The van der Waals surface area contributed by atoms with Crippen LogP contribution in [0.25, 0.3) is 0 Å². The molecule has 2 aromatic rings. The van der Waals surface area contributed by atoms with Crippen molar-refractivity contribution in [3.63, 3.8) is 0 Å². The van der Waals surface area contributed by atoms with Crippen molar-refractivity contribution in [1.29, 1.82) is 0 Å². The van der Waals surface area contributed by atoms with E-state index in [2.05, 4.69) is 16.5 Å². The van der Waals surface area contributed by atoms with Crippen molar-refractivity contribution in [2.75, 3.05) is 6.54 Å². The fraction of sp³-hybridized carbons (Fsp3) is 0.591. The summed E-state index contributed by atoms with van der Waals surface area (Å²) in [4.78, 5) is 4.55. The molecule has 0 bridgehead atoms. The van der Waals surface area contributed by atoms with Gasteiger partial charge in [-0.2, -0.15) is 0 Å². The van der Waals surface area contributed by atoms with Crippen LogP contribution < -0.4 is 5.32 Å². The van der Waals surface area contributed by atoms with Crippen molar-refractivity contribution in [2.45, 2.75) is 63.3 Å². The second kappa shape index (κ2) is 7.91. The van der Waals surface area contributed by atoms with Crippen molar-refractivity contribution in [3.8, 4) is 0 Å². The molecule has 0 saturated heterocycles. The molecule has 0 spiro atoms. The molecule has 0 radical (unpaired) electrons. The smallest absolute Gasteiger partial charge is 0.123 e. The second-order valence-corrected chi connectivity index (χ2v) is 8.24. The molecule has 2 aliphatic carbocycles. The SMILES string of the molecule is Cn1cnc(CC2c3ccc(F)cc3CCC2NCC2CCCCC2)c1. The van der Waals surface area contributed by atoms with Crippen LogP contribution in [0.4, 0.5) is 4.39 Å². The van der Waals surface area contributed by atoms with Gasteiger partial charge >= 0.3 is 0 Å². The largest absolute Gasteiger partial charge is 0.340 e. The predicted octanol–water partition coefficient (Wildman–Crippen LogP) is 4.37. The highest BCUT2D eigenvalue weighted by Crippen LogP contribution is 2.35. The van der Waals surface area contributed by atoms with E-state index in [0.29, 0.717) is 12.0 Å². The third-order valence-corrected chi connectivity index (χ3v) is 6.30. The summed E-state index contributed by atoms with van der Waals surface area (Å²) < 4.78 is 15.7. The maximum Gasteiger partial charge on any atom is 0.123 e. The van der Waals surface area contributed by atoms with Crippen LogP contribution in [0.5, 0.6) is 0 Å². The first-order valence-corrected chi connectivity index (χ1v) is 10.2. The Morgan fingerprint density at radius 2 is 2.04 bits per heavy atom. The Bertz CT molecular complexity index is 733. The standard InChI is InChI=1S/C22H30FN3/c1-26-14-19(25-15-26)12-21-20-9-8-18(23)11-17(20)7-10-22(21)24-13-16-5-3-2-4-6-16/h8-9,11,14-16,21-22,24H,2-7,10,12-13H2,1H3. The van der Waals surface area contributed by atoms with Crippen LogP contribution in [0.3, 0.4) is 0 Å². The third-order valence-electron chi connectivity index (χ3n) is 6.30. The quantitative estimate of drug-likeness (QED) is 0.863. The highest BCUT2D eigenvalue weighted by atomic mass is 19.1. The number of benzene rings is 1. The Morgan fingerprint density at radius 1 is 1.19 bits per heavy atom. The molecule has 140 valence electrons. The van der Waals surface area contributed by atoms with Crippen molar-refractivity contribution < 1.29 is 4.39 Å². The minimum absolute atomic E-state index is 0.117. The normalized spacial score (nSPS) is 23.8. The van der Waals surface area contributed by atoms with Gasteiger partial charge in [-0.25, -0.2) is 9.37 Å². The number of rotatable bonds is 5. The van der Waals surface area contributed by atoms with Crippen LogP contribution in [-0.4, -0.2) is 22.1 Å². The third kappa shape index (κ3) is 4.01. The summed E-state index contributed by atoms with van der Waals surface area (Å²) in [6.07, 6.45) is 13.9. The van der Waals surface area contributed by atoms with Crippen molar-refractivity contribution in [1.82, 2.24) is 14.9 Å². The molecule has 0 amide bonds. The lowest BCUT2D eigenvalue weighted by Gasteiger charge is -2.35. The topological polar surface area (TPSA) is 29.9 Å². The number of imidazole rings is 1. The monoisotopic (exact) mass is 355 g/mol. The molecule has 26 heavy (non-hydrogen) atoms. The summed E-state index contributed by atoms with van der Waals surface area (Å²) in [5.41, 5.74) is 3.62. The van der Waals surface area contributed by atoms with E-state index in [1.807, 2.05) is 24.0 Å². The zero-order chi connectivity index (χ0) is 17.9. The minimum atomic E-state index is -0.117. The number of aromatic nitrogens is 2. The van der Waals surface area contributed by atoms with E-state index in [-0.39, 0.29) is 5.82 Å². The van der Waals surface area contributed by atoms with Gasteiger partial charge in [0.05, 0.1) is 12.0 Å². The molecule has 1 saturated carbocycles. The molecule has 1 heterocycles. The molecule has 2 aliphatic rings. The number of hydrogen-bond donors (Lipinski definition) is 1. The maximum atomic E-state index is 13.7. The molecule has 1 aromatic carbocycles. The highest BCUT2D eigenvalue weighted by molar-refractivity contribution is 5.36. The number of aryl methyl sites for hydroxylation is 2. The Kier molecular flexibility index (Phi) is 5.39. The van der Waals surface area contributed by atoms with Crippen LogP contribution in [0.1, 0.15) is 61.3 Å². The van der Waals surface area contributed by atoms with Gasteiger partial charge in [-0.3, -0.25) is 0 Å². The molecule has 4 heteroatoms. The van der Waals surface area contributed by atoms with E-state index in [4.69, 9.17) is 0 Å². The average molecular weight is 356 g/mol. The maximum absolute atomic E-state index is 13.7. The van der Waals surface area contributed by atoms with Gasteiger partial charge in [0, 0.05) is 25.2 Å².